The van der Waals surface area contributed by atoms with Gasteiger partial charge in [0.25, 0.3) is 0 Å². The Hall–Kier alpha value is -1.89. The van der Waals surface area contributed by atoms with E-state index in [0.717, 1.165) is 0 Å². The molecule has 130 valence electrons. The normalized spacial score (nSPS) is 14.2. The topological polar surface area (TPSA) is 91.7 Å². The van der Waals surface area contributed by atoms with Crippen molar-refractivity contribution in [2.45, 2.75) is 38.6 Å². The van der Waals surface area contributed by atoms with Crippen LogP contribution >= 0.6 is 11.6 Å². The lowest BCUT2D eigenvalue weighted by Crippen LogP contribution is -2.38. The highest BCUT2D eigenvalue weighted by atomic mass is 35.5. The van der Waals surface area contributed by atoms with Gasteiger partial charge in [0, 0.05) is 18.1 Å². The maximum absolute atomic E-state index is 11.6. The van der Waals surface area contributed by atoms with E-state index < -0.39 is 23.9 Å². The highest BCUT2D eigenvalue weighted by Gasteiger charge is 2.22. The maximum atomic E-state index is 11.6. The molecular weight excluding hydrogens is 332 g/mol. The third kappa shape index (κ3) is 4.80. The van der Waals surface area contributed by atoms with Crippen LogP contribution in [0, 0.1) is 0 Å². The number of hydrogen-bond donors (Lipinski definition) is 3. The van der Waals surface area contributed by atoms with Gasteiger partial charge in [-0.25, -0.2) is 4.79 Å². The summed E-state index contributed by atoms with van der Waals surface area (Å²) in [5, 5.41) is 24.0. The highest BCUT2D eigenvalue weighted by molar-refractivity contribution is 6.35. The van der Waals surface area contributed by atoms with Crippen molar-refractivity contribution >= 4 is 28.6 Å². The van der Waals surface area contributed by atoms with Crippen molar-refractivity contribution in [3.63, 3.8) is 0 Å². The summed E-state index contributed by atoms with van der Waals surface area (Å²) in [4.78, 5) is 15.8. The number of hydrogen-bond acceptors (Lipinski definition) is 5. The maximum Gasteiger partial charge on any atom is 0.407 e. The second-order valence-corrected chi connectivity index (χ2v) is 6.87. The van der Waals surface area contributed by atoms with Crippen molar-refractivity contribution < 1.29 is 19.7 Å². The molecule has 0 aliphatic carbocycles. The fourth-order valence-corrected chi connectivity index (χ4v) is 2.36. The van der Waals surface area contributed by atoms with Crippen LogP contribution in [0.25, 0.3) is 10.9 Å². The number of nitrogens with one attached hydrogen (secondary N) is 1. The molecule has 2 unspecified atom stereocenters. The van der Waals surface area contributed by atoms with Gasteiger partial charge in [0.05, 0.1) is 10.5 Å². The summed E-state index contributed by atoms with van der Waals surface area (Å²) in [6.45, 7) is 5.08. The van der Waals surface area contributed by atoms with Crippen LogP contribution in [0.1, 0.15) is 32.4 Å². The molecule has 2 atom stereocenters. The molecule has 0 radical (unpaired) electrons. The van der Waals surface area contributed by atoms with E-state index in [2.05, 4.69) is 10.3 Å². The van der Waals surface area contributed by atoms with E-state index in [0.29, 0.717) is 21.5 Å². The Morgan fingerprint density at radius 1 is 1.33 bits per heavy atom. The lowest BCUT2D eigenvalue weighted by atomic mass is 10.0. The zero-order valence-electron chi connectivity index (χ0n) is 13.8. The first-order chi connectivity index (χ1) is 11.2. The number of halogens is 1. The molecule has 6 nitrogen and oxygen atoms in total. The lowest BCUT2D eigenvalue weighted by molar-refractivity contribution is 0.0130. The fourth-order valence-electron chi connectivity index (χ4n) is 2.15. The van der Waals surface area contributed by atoms with Gasteiger partial charge in [-0.2, -0.15) is 0 Å². The van der Waals surface area contributed by atoms with E-state index in [9.17, 15) is 15.0 Å². The monoisotopic (exact) mass is 352 g/mol. The van der Waals surface area contributed by atoms with Crippen molar-refractivity contribution in [2.24, 2.45) is 0 Å². The summed E-state index contributed by atoms with van der Waals surface area (Å²) in [5.74, 6) is 0. The lowest BCUT2D eigenvalue weighted by Gasteiger charge is -2.22. The summed E-state index contributed by atoms with van der Waals surface area (Å²) in [6.07, 6.45) is -1.43. The summed E-state index contributed by atoms with van der Waals surface area (Å²) < 4.78 is 5.08. The molecule has 2 rings (SSSR count). The number of amides is 1. The molecule has 3 N–H and O–H groups in total. The Morgan fingerprint density at radius 3 is 2.71 bits per heavy atom. The number of ether oxygens (including phenoxy) is 1. The number of pyridine rings is 1. The molecule has 0 spiro atoms. The van der Waals surface area contributed by atoms with Crippen LogP contribution in [-0.2, 0) is 4.74 Å². The van der Waals surface area contributed by atoms with Crippen molar-refractivity contribution in [2.75, 3.05) is 6.54 Å². The van der Waals surface area contributed by atoms with E-state index in [1.807, 2.05) is 0 Å². The van der Waals surface area contributed by atoms with Crippen LogP contribution in [0.2, 0.25) is 5.02 Å². The summed E-state index contributed by atoms with van der Waals surface area (Å²) in [7, 11) is 0. The average molecular weight is 353 g/mol. The standard InChI is InChI=1S/C17H21ClN2O4/c1-17(2,3)24-16(23)20-9-14(21)15(22)10-4-5-13-11(8-10)12(18)6-7-19-13/h4-8,14-15,21-22H,9H2,1-3H3,(H,20,23). The number of carbonyl (C=O) groups excluding carboxylic acids is 1. The van der Waals surface area contributed by atoms with Crippen molar-refractivity contribution in [3.05, 3.63) is 41.0 Å². The Balaban J connectivity index is 2.04. The summed E-state index contributed by atoms with van der Waals surface area (Å²) in [5.41, 5.74) is 0.547. The molecule has 0 saturated heterocycles. The summed E-state index contributed by atoms with van der Waals surface area (Å²) in [6, 6.07) is 6.70. The number of carbonyl (C=O) groups is 1. The SMILES string of the molecule is CC(C)(C)OC(=O)NCC(O)C(O)c1ccc2nccc(Cl)c2c1. The molecule has 0 aliphatic rings. The van der Waals surface area contributed by atoms with Crippen molar-refractivity contribution in [3.8, 4) is 0 Å². The van der Waals surface area contributed by atoms with Crippen molar-refractivity contribution in [1.82, 2.24) is 10.3 Å². The Kier molecular flexibility index (Phi) is 5.64. The van der Waals surface area contributed by atoms with Crippen LogP contribution < -0.4 is 5.32 Å². The first kappa shape index (κ1) is 18.4. The van der Waals surface area contributed by atoms with E-state index >= 15 is 0 Å². The second-order valence-electron chi connectivity index (χ2n) is 6.46. The highest BCUT2D eigenvalue weighted by Crippen LogP contribution is 2.26. The molecule has 1 amide bonds. The van der Waals surface area contributed by atoms with E-state index in [-0.39, 0.29) is 6.54 Å². The van der Waals surface area contributed by atoms with Gasteiger partial charge in [-0.15, -0.1) is 0 Å². The third-order valence-electron chi connectivity index (χ3n) is 3.27. The number of benzene rings is 1. The molecule has 1 heterocycles. The van der Waals surface area contributed by atoms with Gasteiger partial charge in [0.15, 0.2) is 0 Å². The van der Waals surface area contributed by atoms with Gasteiger partial charge in [0.1, 0.15) is 17.8 Å². The third-order valence-corrected chi connectivity index (χ3v) is 3.60. The first-order valence-electron chi connectivity index (χ1n) is 7.54. The molecule has 0 aliphatic heterocycles. The number of rotatable bonds is 4. The zero-order valence-corrected chi connectivity index (χ0v) is 14.5. The molecule has 0 fully saturated rings. The van der Waals surface area contributed by atoms with Gasteiger partial charge in [0.2, 0.25) is 0 Å². The molecule has 1 aromatic carbocycles. The van der Waals surface area contributed by atoms with Crippen LogP contribution in [0.15, 0.2) is 30.5 Å². The van der Waals surface area contributed by atoms with E-state index in [1.165, 1.54) is 0 Å². The van der Waals surface area contributed by atoms with Gasteiger partial charge >= 0.3 is 6.09 Å². The molecule has 1 aromatic heterocycles. The minimum atomic E-state index is -1.19. The first-order valence-corrected chi connectivity index (χ1v) is 7.92. The van der Waals surface area contributed by atoms with E-state index in [1.54, 1.807) is 51.2 Å². The Labute approximate surface area is 145 Å². The second kappa shape index (κ2) is 7.34. The van der Waals surface area contributed by atoms with Crippen LogP contribution in [-0.4, -0.2) is 39.5 Å². The number of nitrogens with zero attached hydrogens (tertiary/aromatic N) is 1. The minimum absolute atomic E-state index is 0.144. The molecular formula is C17H21ClN2O4. The minimum Gasteiger partial charge on any atom is -0.444 e. The number of fused-ring (bicyclic) bond motifs is 1. The number of alkyl carbamates (subject to hydrolysis) is 1. The predicted octanol–water partition coefficient (Wildman–Crippen LogP) is 2.81. The molecule has 0 saturated carbocycles. The quantitative estimate of drug-likeness (QED) is 0.787. The van der Waals surface area contributed by atoms with Gasteiger partial charge < -0.3 is 20.3 Å². The number of aliphatic hydroxyl groups excluding tert-OH is 2. The van der Waals surface area contributed by atoms with Crippen molar-refractivity contribution in [1.29, 1.82) is 0 Å². The summed E-state index contributed by atoms with van der Waals surface area (Å²) >= 11 is 6.12. The van der Waals surface area contributed by atoms with Crippen LogP contribution in [0.3, 0.4) is 0 Å². The zero-order chi connectivity index (χ0) is 17.9. The number of aliphatic hydroxyl groups is 2. The largest absolute Gasteiger partial charge is 0.444 e. The predicted molar refractivity (Wildman–Crippen MR) is 92.0 cm³/mol. The molecule has 2 aromatic rings. The fraction of sp³-hybridized carbons (Fsp3) is 0.412. The van der Waals surface area contributed by atoms with Gasteiger partial charge in [-0.05, 0) is 44.5 Å². The number of aromatic nitrogens is 1. The average Bonchev–Trinajstić information content (AvgIpc) is 2.50. The smallest absolute Gasteiger partial charge is 0.407 e. The van der Waals surface area contributed by atoms with Crippen LogP contribution in [0.5, 0.6) is 0 Å². The molecule has 0 bridgehead atoms. The van der Waals surface area contributed by atoms with E-state index in [4.69, 9.17) is 16.3 Å². The molecule has 24 heavy (non-hydrogen) atoms. The van der Waals surface area contributed by atoms with Crippen LogP contribution in [0.4, 0.5) is 4.79 Å². The Morgan fingerprint density at radius 2 is 2.04 bits per heavy atom. The van der Waals surface area contributed by atoms with Gasteiger partial charge in [-0.3, -0.25) is 4.98 Å². The molecule has 7 heteroatoms. The van der Waals surface area contributed by atoms with Gasteiger partial charge in [-0.1, -0.05) is 17.7 Å². The Bertz CT molecular complexity index is 730.